The molecular formula is C22H22F2N4O. The summed E-state index contributed by atoms with van der Waals surface area (Å²) >= 11 is 0. The molecule has 0 spiro atoms. The van der Waals surface area contributed by atoms with Gasteiger partial charge in [-0.2, -0.15) is 0 Å². The summed E-state index contributed by atoms with van der Waals surface area (Å²) in [7, 11) is 0. The fourth-order valence-corrected chi connectivity index (χ4v) is 4.16. The van der Waals surface area contributed by atoms with Gasteiger partial charge in [-0.3, -0.25) is 4.79 Å². The quantitative estimate of drug-likeness (QED) is 0.689. The Bertz CT molecular complexity index is 977. The lowest BCUT2D eigenvalue weighted by Crippen LogP contribution is -2.40. The number of amides is 1. The van der Waals surface area contributed by atoms with E-state index in [0.717, 1.165) is 18.4 Å². The van der Waals surface area contributed by atoms with Crippen LogP contribution < -0.4 is 5.32 Å². The van der Waals surface area contributed by atoms with Gasteiger partial charge in [0.05, 0.1) is 12.7 Å². The first-order chi connectivity index (χ1) is 14.1. The van der Waals surface area contributed by atoms with Crippen LogP contribution in [0.2, 0.25) is 0 Å². The third kappa shape index (κ3) is 4.04. The van der Waals surface area contributed by atoms with Crippen LogP contribution in [0.25, 0.3) is 0 Å². The third-order valence-corrected chi connectivity index (χ3v) is 5.60. The Morgan fingerprint density at radius 2 is 1.72 bits per heavy atom. The Kier molecular flexibility index (Phi) is 5.38. The molecule has 29 heavy (non-hydrogen) atoms. The Labute approximate surface area is 167 Å². The number of carbonyl (C=O) groups is 1. The van der Waals surface area contributed by atoms with Crippen LogP contribution in [0, 0.1) is 11.6 Å². The molecule has 1 aliphatic carbocycles. The van der Waals surface area contributed by atoms with E-state index in [2.05, 4.69) is 15.6 Å². The van der Waals surface area contributed by atoms with Crippen molar-refractivity contribution >= 4 is 5.91 Å². The normalized spacial score (nSPS) is 15.4. The smallest absolute Gasteiger partial charge is 0.273 e. The molecule has 0 bridgehead atoms. The van der Waals surface area contributed by atoms with E-state index < -0.39 is 23.0 Å². The Morgan fingerprint density at radius 1 is 1.03 bits per heavy atom. The summed E-state index contributed by atoms with van der Waals surface area (Å²) in [5.74, 6) is -1.52. The Morgan fingerprint density at radius 3 is 2.41 bits per heavy atom. The van der Waals surface area contributed by atoms with Crippen LogP contribution in [0.1, 0.15) is 47.3 Å². The van der Waals surface area contributed by atoms with E-state index in [1.165, 1.54) is 18.2 Å². The molecule has 1 heterocycles. The summed E-state index contributed by atoms with van der Waals surface area (Å²) in [6.45, 7) is 0.667. The second kappa shape index (κ2) is 8.11. The van der Waals surface area contributed by atoms with Gasteiger partial charge in [-0.05, 0) is 30.5 Å². The highest BCUT2D eigenvalue weighted by Crippen LogP contribution is 2.42. The van der Waals surface area contributed by atoms with Crippen LogP contribution in [0.15, 0.2) is 54.7 Å². The first kappa shape index (κ1) is 19.2. The van der Waals surface area contributed by atoms with E-state index in [4.69, 9.17) is 0 Å². The van der Waals surface area contributed by atoms with Crippen molar-refractivity contribution in [1.82, 2.24) is 20.3 Å². The highest BCUT2D eigenvalue weighted by atomic mass is 19.1. The van der Waals surface area contributed by atoms with E-state index in [1.807, 2.05) is 30.3 Å². The molecule has 150 valence electrons. The van der Waals surface area contributed by atoms with Gasteiger partial charge in [-0.25, -0.2) is 13.5 Å². The fraction of sp³-hybridized carbons (Fsp3) is 0.318. The van der Waals surface area contributed by atoms with Crippen LogP contribution in [0.4, 0.5) is 8.78 Å². The second-order valence-corrected chi connectivity index (χ2v) is 7.55. The predicted octanol–water partition coefficient (Wildman–Crippen LogP) is 3.85. The lowest BCUT2D eigenvalue weighted by Gasteiger charge is -2.30. The maximum atomic E-state index is 14.4. The molecule has 1 aromatic heterocycles. The number of aromatic nitrogens is 3. The topological polar surface area (TPSA) is 59.8 Å². The lowest BCUT2D eigenvalue weighted by molar-refractivity contribution is 0.0937. The highest BCUT2D eigenvalue weighted by Gasteiger charge is 2.40. The standard InChI is InChI=1S/C22H22F2N4O/c23-17-9-6-10-18(24)20(17)22(11-4-5-12-22)15-25-21(29)19-14-28(27-26-19)13-16-7-2-1-3-8-16/h1-3,6-10,14H,4-5,11-13,15H2,(H,25,29). The minimum atomic E-state index is -0.731. The molecule has 0 saturated heterocycles. The van der Waals surface area contributed by atoms with Gasteiger partial charge in [0.15, 0.2) is 5.69 Å². The van der Waals surface area contributed by atoms with Crippen molar-refractivity contribution in [3.05, 3.63) is 83.2 Å². The molecule has 0 radical (unpaired) electrons. The Balaban J connectivity index is 1.47. The molecule has 1 fully saturated rings. The van der Waals surface area contributed by atoms with Crippen LogP contribution in [0.5, 0.6) is 0 Å². The minimum absolute atomic E-state index is 0.0746. The monoisotopic (exact) mass is 396 g/mol. The van der Waals surface area contributed by atoms with E-state index >= 15 is 0 Å². The van der Waals surface area contributed by atoms with Crippen molar-refractivity contribution in [2.75, 3.05) is 6.54 Å². The summed E-state index contributed by atoms with van der Waals surface area (Å²) in [5, 5.41) is 10.8. The number of nitrogens with zero attached hydrogens (tertiary/aromatic N) is 3. The molecule has 7 heteroatoms. The Hall–Kier alpha value is -3.09. The fourth-order valence-electron chi connectivity index (χ4n) is 4.16. The van der Waals surface area contributed by atoms with Gasteiger partial charge in [0.1, 0.15) is 11.6 Å². The van der Waals surface area contributed by atoms with Crippen molar-refractivity contribution < 1.29 is 13.6 Å². The van der Waals surface area contributed by atoms with E-state index in [1.54, 1.807) is 10.9 Å². The molecule has 1 N–H and O–H groups in total. The SMILES string of the molecule is O=C(NCC1(c2c(F)cccc2F)CCCC1)c1cn(Cc2ccccc2)nn1. The maximum Gasteiger partial charge on any atom is 0.273 e. The van der Waals surface area contributed by atoms with Gasteiger partial charge in [0.25, 0.3) is 5.91 Å². The number of nitrogens with one attached hydrogen (secondary N) is 1. The number of rotatable bonds is 6. The predicted molar refractivity (Wildman–Crippen MR) is 104 cm³/mol. The van der Waals surface area contributed by atoms with Gasteiger partial charge < -0.3 is 5.32 Å². The van der Waals surface area contributed by atoms with Crippen molar-refractivity contribution in [2.24, 2.45) is 0 Å². The summed E-state index contributed by atoms with van der Waals surface area (Å²) in [4.78, 5) is 12.6. The molecule has 2 aromatic carbocycles. The van der Waals surface area contributed by atoms with Crippen molar-refractivity contribution in [3.8, 4) is 0 Å². The maximum absolute atomic E-state index is 14.4. The molecule has 0 atom stereocenters. The summed E-state index contributed by atoms with van der Waals surface area (Å²) in [5.41, 5.74) is 0.573. The van der Waals surface area contributed by atoms with Gasteiger partial charge >= 0.3 is 0 Å². The van der Waals surface area contributed by atoms with Gasteiger partial charge in [0, 0.05) is 17.5 Å². The highest BCUT2D eigenvalue weighted by molar-refractivity contribution is 5.91. The van der Waals surface area contributed by atoms with Crippen LogP contribution in [-0.4, -0.2) is 27.4 Å². The van der Waals surface area contributed by atoms with Crippen LogP contribution >= 0.6 is 0 Å². The lowest BCUT2D eigenvalue weighted by atomic mass is 9.78. The molecular weight excluding hydrogens is 374 g/mol. The third-order valence-electron chi connectivity index (χ3n) is 5.60. The van der Waals surface area contributed by atoms with E-state index in [-0.39, 0.29) is 17.8 Å². The summed E-state index contributed by atoms with van der Waals surface area (Å²) < 4.78 is 30.4. The minimum Gasteiger partial charge on any atom is -0.350 e. The average Bonchev–Trinajstić information content (AvgIpc) is 3.37. The number of benzene rings is 2. The van der Waals surface area contributed by atoms with E-state index in [0.29, 0.717) is 19.4 Å². The molecule has 1 saturated carbocycles. The first-order valence-electron chi connectivity index (χ1n) is 9.74. The molecule has 5 nitrogen and oxygen atoms in total. The zero-order valence-electron chi connectivity index (χ0n) is 15.9. The zero-order valence-corrected chi connectivity index (χ0v) is 15.9. The van der Waals surface area contributed by atoms with Crippen LogP contribution in [-0.2, 0) is 12.0 Å². The molecule has 1 amide bonds. The number of halogens is 2. The average molecular weight is 396 g/mol. The van der Waals surface area contributed by atoms with Crippen molar-refractivity contribution in [2.45, 2.75) is 37.6 Å². The van der Waals surface area contributed by atoms with Gasteiger partial charge in [-0.15, -0.1) is 5.10 Å². The molecule has 0 aliphatic heterocycles. The zero-order chi connectivity index (χ0) is 20.3. The van der Waals surface area contributed by atoms with Gasteiger partial charge in [-0.1, -0.05) is 54.5 Å². The summed E-state index contributed by atoms with van der Waals surface area (Å²) in [6.07, 6.45) is 4.58. The molecule has 4 rings (SSSR count). The van der Waals surface area contributed by atoms with Crippen LogP contribution in [0.3, 0.4) is 0 Å². The second-order valence-electron chi connectivity index (χ2n) is 7.55. The first-order valence-corrected chi connectivity index (χ1v) is 9.74. The molecule has 0 unspecified atom stereocenters. The van der Waals surface area contributed by atoms with Crippen molar-refractivity contribution in [3.63, 3.8) is 0 Å². The number of hydrogen-bond acceptors (Lipinski definition) is 3. The summed E-state index contributed by atoms with van der Waals surface area (Å²) in [6, 6.07) is 13.6. The number of hydrogen-bond donors (Lipinski definition) is 1. The van der Waals surface area contributed by atoms with Crippen molar-refractivity contribution in [1.29, 1.82) is 0 Å². The molecule has 3 aromatic rings. The molecule has 1 aliphatic rings. The van der Waals surface area contributed by atoms with E-state index in [9.17, 15) is 13.6 Å². The largest absolute Gasteiger partial charge is 0.350 e. The van der Waals surface area contributed by atoms with Gasteiger partial charge in [0.2, 0.25) is 0 Å². The number of carbonyl (C=O) groups excluding carboxylic acids is 1.